The maximum Gasteiger partial charge on any atom is 0.188 e. The molecule has 1 aromatic heterocycles. The van der Waals surface area contributed by atoms with Gasteiger partial charge in [-0.3, -0.25) is 0 Å². The first-order chi connectivity index (χ1) is 18.4. The summed E-state index contributed by atoms with van der Waals surface area (Å²) < 4.78 is 43.0. The molecule has 0 saturated carbocycles. The van der Waals surface area contributed by atoms with Crippen LogP contribution in [0.5, 0.6) is 23.0 Å². The van der Waals surface area contributed by atoms with Crippen molar-refractivity contribution in [1.82, 2.24) is 14.8 Å². The Kier molecular flexibility index (Phi) is 9.08. The Bertz CT molecular complexity index is 1120. The highest BCUT2D eigenvalue weighted by Crippen LogP contribution is 2.30. The number of hydrogen-bond donors (Lipinski definition) is 0. The minimum atomic E-state index is -0.182. The molecular formula is C27H33N3O7. The fourth-order valence-corrected chi connectivity index (χ4v) is 4.12. The monoisotopic (exact) mass is 511 g/mol. The first-order valence-corrected chi connectivity index (χ1v) is 12.8. The zero-order valence-electron chi connectivity index (χ0n) is 20.9. The smallest absolute Gasteiger partial charge is 0.188 e. The molecule has 2 aliphatic heterocycles. The second kappa shape index (κ2) is 13.3. The minimum absolute atomic E-state index is 0.181. The summed E-state index contributed by atoms with van der Waals surface area (Å²) >= 11 is 0. The van der Waals surface area contributed by atoms with Gasteiger partial charge in [-0.05, 0) is 43.5 Å². The van der Waals surface area contributed by atoms with E-state index in [9.17, 15) is 0 Å². The third kappa shape index (κ3) is 7.12. The van der Waals surface area contributed by atoms with Crippen LogP contribution in [0.1, 0.15) is 37.1 Å². The van der Waals surface area contributed by atoms with Crippen molar-refractivity contribution in [1.29, 1.82) is 0 Å². The van der Waals surface area contributed by atoms with Gasteiger partial charge in [-0.1, -0.05) is 24.3 Å². The van der Waals surface area contributed by atoms with E-state index in [1.54, 1.807) is 0 Å². The van der Waals surface area contributed by atoms with E-state index in [0.717, 1.165) is 19.3 Å². The fourth-order valence-electron chi connectivity index (χ4n) is 4.12. The highest BCUT2D eigenvalue weighted by molar-refractivity contribution is 5.40. The maximum atomic E-state index is 6.15. The average Bonchev–Trinajstić information content (AvgIpc) is 3.36. The van der Waals surface area contributed by atoms with E-state index in [4.69, 9.17) is 43.2 Å². The number of benzene rings is 2. The molecular weight excluding hydrogens is 478 g/mol. The first-order valence-electron chi connectivity index (χ1n) is 12.8. The van der Waals surface area contributed by atoms with Gasteiger partial charge in [0.15, 0.2) is 40.9 Å². The maximum absolute atomic E-state index is 6.15. The molecule has 0 amide bonds. The van der Waals surface area contributed by atoms with E-state index in [1.165, 1.54) is 0 Å². The van der Waals surface area contributed by atoms with Gasteiger partial charge in [-0.25, -0.2) is 9.67 Å². The number of ether oxygens (including phenoxy) is 7. The summed E-state index contributed by atoms with van der Waals surface area (Å²) in [4.78, 5) is 4.73. The molecule has 37 heavy (non-hydrogen) atoms. The third-order valence-electron chi connectivity index (χ3n) is 5.93. The zero-order chi connectivity index (χ0) is 25.1. The molecule has 0 N–H and O–H groups in total. The van der Waals surface area contributed by atoms with Crippen LogP contribution < -0.4 is 18.9 Å². The number of nitrogens with zero attached hydrogens (tertiary/aromatic N) is 3. The molecule has 1 fully saturated rings. The second-order valence-corrected chi connectivity index (χ2v) is 8.60. The van der Waals surface area contributed by atoms with E-state index >= 15 is 0 Å². The topological polar surface area (TPSA) is 95.3 Å². The van der Waals surface area contributed by atoms with Gasteiger partial charge in [0.1, 0.15) is 26.4 Å². The van der Waals surface area contributed by atoms with Crippen molar-refractivity contribution in [3.05, 3.63) is 60.2 Å². The van der Waals surface area contributed by atoms with Crippen molar-refractivity contribution < 1.29 is 33.2 Å². The number of rotatable bonds is 1. The standard InChI is InChI=1S/C27H33N3O7/c1-3-9-23-21(7-1)33-17-15-31-13-14-32-16-18-34-22-8-2-4-10-24(22)37-20-26-28-25(19-36-23)29-30(26)27-11-5-6-12-35-27/h1-4,7-10,27H,5-6,11-20H2. The van der Waals surface area contributed by atoms with Gasteiger partial charge in [-0.2, -0.15) is 0 Å². The minimum Gasteiger partial charge on any atom is -0.487 e. The summed E-state index contributed by atoms with van der Waals surface area (Å²) in [5.74, 6) is 3.73. The summed E-state index contributed by atoms with van der Waals surface area (Å²) in [7, 11) is 0. The summed E-state index contributed by atoms with van der Waals surface area (Å²) in [5, 5.41) is 4.72. The van der Waals surface area contributed by atoms with Crippen LogP contribution in [0.25, 0.3) is 0 Å². The van der Waals surface area contributed by atoms with E-state index < -0.39 is 0 Å². The molecule has 1 saturated heterocycles. The Morgan fingerprint density at radius 2 is 1.19 bits per heavy atom. The molecule has 10 nitrogen and oxygen atoms in total. The number of hydrogen-bond acceptors (Lipinski definition) is 9. The molecule has 0 spiro atoms. The summed E-state index contributed by atoms with van der Waals surface area (Å²) in [6.45, 7) is 3.71. The molecule has 3 aromatic rings. The van der Waals surface area contributed by atoms with E-state index in [-0.39, 0.29) is 19.4 Å². The highest BCUT2D eigenvalue weighted by Gasteiger charge is 2.23. The lowest BCUT2D eigenvalue weighted by molar-refractivity contribution is -0.0430. The van der Waals surface area contributed by atoms with Crippen LogP contribution >= 0.6 is 0 Å². The molecule has 0 radical (unpaired) electrons. The first kappa shape index (κ1) is 25.3. The van der Waals surface area contributed by atoms with Gasteiger partial charge in [-0.15, -0.1) is 5.10 Å². The quantitative estimate of drug-likeness (QED) is 0.481. The Morgan fingerprint density at radius 1 is 0.622 bits per heavy atom. The van der Waals surface area contributed by atoms with Crippen LogP contribution in [0.15, 0.2) is 48.5 Å². The Hall–Kier alpha value is -3.34. The van der Waals surface area contributed by atoms with Gasteiger partial charge in [0.05, 0.1) is 26.4 Å². The lowest BCUT2D eigenvalue weighted by Gasteiger charge is -2.23. The summed E-state index contributed by atoms with van der Waals surface area (Å²) in [5.41, 5.74) is 0. The van der Waals surface area contributed by atoms with Gasteiger partial charge >= 0.3 is 0 Å². The Balaban J connectivity index is 1.37. The van der Waals surface area contributed by atoms with Crippen molar-refractivity contribution >= 4 is 0 Å². The number of aromatic nitrogens is 3. The zero-order valence-corrected chi connectivity index (χ0v) is 20.9. The SMILES string of the molecule is c1ccc2c(c1)OCCOCCOCCOc1ccccc1OCc1nc(nn1C1CCCCO1)CO2. The van der Waals surface area contributed by atoms with E-state index in [2.05, 4.69) is 0 Å². The van der Waals surface area contributed by atoms with Gasteiger partial charge < -0.3 is 33.2 Å². The predicted molar refractivity (Wildman–Crippen MR) is 133 cm³/mol. The molecule has 10 heteroatoms. The molecule has 2 bridgehead atoms. The Morgan fingerprint density at radius 3 is 1.78 bits per heavy atom. The molecule has 1 unspecified atom stereocenters. The van der Waals surface area contributed by atoms with Crippen molar-refractivity contribution in [2.75, 3.05) is 46.2 Å². The molecule has 3 heterocycles. The second-order valence-electron chi connectivity index (χ2n) is 8.60. The van der Waals surface area contributed by atoms with Crippen LogP contribution in [0.4, 0.5) is 0 Å². The summed E-state index contributed by atoms with van der Waals surface area (Å²) in [6.07, 6.45) is 2.81. The van der Waals surface area contributed by atoms with E-state index in [0.29, 0.717) is 80.9 Å². The fraction of sp³-hybridized carbons (Fsp3) is 0.481. The molecule has 2 aliphatic rings. The molecule has 2 aromatic carbocycles. The van der Waals surface area contributed by atoms with Gasteiger partial charge in [0, 0.05) is 6.61 Å². The lowest BCUT2D eigenvalue weighted by Crippen LogP contribution is -2.22. The van der Waals surface area contributed by atoms with Crippen molar-refractivity contribution in [3.8, 4) is 23.0 Å². The molecule has 0 aliphatic carbocycles. The van der Waals surface area contributed by atoms with Crippen LogP contribution in [-0.4, -0.2) is 61.0 Å². The van der Waals surface area contributed by atoms with Crippen molar-refractivity contribution in [2.45, 2.75) is 38.7 Å². The summed E-state index contributed by atoms with van der Waals surface area (Å²) in [6, 6.07) is 15.1. The molecule has 1 atom stereocenters. The van der Waals surface area contributed by atoms with E-state index in [1.807, 2.05) is 53.2 Å². The van der Waals surface area contributed by atoms with Gasteiger partial charge in [0.2, 0.25) is 0 Å². The lowest BCUT2D eigenvalue weighted by atomic mass is 10.2. The molecule has 198 valence electrons. The Labute approximate surface area is 216 Å². The normalized spacial score (nSPS) is 19.9. The average molecular weight is 512 g/mol. The highest BCUT2D eigenvalue weighted by atomic mass is 16.6. The van der Waals surface area contributed by atoms with Crippen LogP contribution in [0.2, 0.25) is 0 Å². The van der Waals surface area contributed by atoms with Crippen LogP contribution in [-0.2, 0) is 27.4 Å². The number of para-hydroxylation sites is 4. The van der Waals surface area contributed by atoms with Gasteiger partial charge in [0.25, 0.3) is 0 Å². The number of fused-ring (bicyclic) bond motifs is 4. The largest absolute Gasteiger partial charge is 0.487 e. The third-order valence-corrected chi connectivity index (χ3v) is 5.93. The van der Waals surface area contributed by atoms with Crippen LogP contribution in [0.3, 0.4) is 0 Å². The van der Waals surface area contributed by atoms with Crippen molar-refractivity contribution in [3.63, 3.8) is 0 Å². The predicted octanol–water partition coefficient (Wildman–Crippen LogP) is 3.94. The molecule has 5 rings (SSSR count). The van der Waals surface area contributed by atoms with Crippen LogP contribution in [0, 0.1) is 0 Å². The van der Waals surface area contributed by atoms with Crippen molar-refractivity contribution in [2.24, 2.45) is 0 Å².